The zero-order chi connectivity index (χ0) is 64.5. The highest BCUT2D eigenvalue weighted by atomic mass is 19.4. The Morgan fingerprint density at radius 1 is 0.457 bits per heavy atom. The number of unbranched alkanes of at least 4 members (excludes halogenated alkanes) is 16. The molecule has 0 aliphatic carbocycles. The Bertz CT molecular complexity index is 2830. The van der Waals surface area contributed by atoms with Gasteiger partial charge in [0.2, 0.25) is 5.91 Å². The van der Waals surface area contributed by atoms with Crippen molar-refractivity contribution in [2.75, 3.05) is 19.8 Å². The number of ether oxygens (including phenoxy) is 8. The lowest BCUT2D eigenvalue weighted by Gasteiger charge is -2.46. The van der Waals surface area contributed by atoms with E-state index in [0.29, 0.717) is 38.9 Å². The first-order chi connectivity index (χ1) is 45.1. The monoisotopic (exact) mass is 1270 g/mol. The molecule has 500 valence electrons. The predicted octanol–water partition coefficient (Wildman–Crippen LogP) is 16.9. The standard InChI is InChI=1S/C77H101F3N2O10/c1-2-3-4-5-6-7-8-9-10-11-14-35-50-68(86-54-62-40-25-18-26-41-62)71(87-55-63-42-27-19-28-43-63)67(82-70(83)51-36-15-12-13-16-37-52-81-76(84)77(78,79)80)59-91-75-74(90-58-66-48-33-22-34-49-66)73(89-57-65-46-31-21-32-47-65)72(88-56-64-44-29-20-30-45-64)69(92-75)60-85-53-61-38-23-17-24-39-61/h17-34,38-49,67-69,71-75H,2-16,35-37,50-60H2,1H3,(H,81,84)(H,82,83)/t67?,68?,69?,71?,72-,73-,74+,75-/m0/s1. The van der Waals surface area contributed by atoms with Gasteiger partial charge in [0.1, 0.15) is 30.5 Å². The largest absolute Gasteiger partial charge is 0.471 e. The maximum absolute atomic E-state index is 14.7. The molecule has 6 aromatic carbocycles. The molecular weight excluding hydrogens is 1170 g/mol. The van der Waals surface area contributed by atoms with Gasteiger partial charge >= 0.3 is 12.1 Å². The number of carbonyl (C=O) groups is 2. The van der Waals surface area contributed by atoms with Crippen molar-refractivity contribution in [1.82, 2.24) is 10.6 Å². The second-order valence-electron chi connectivity index (χ2n) is 24.2. The molecule has 6 aromatic rings. The van der Waals surface area contributed by atoms with Crippen molar-refractivity contribution in [2.45, 2.75) is 230 Å². The van der Waals surface area contributed by atoms with Crippen LogP contribution in [0, 0.1) is 0 Å². The van der Waals surface area contributed by atoms with Crippen LogP contribution in [0.2, 0.25) is 0 Å². The number of nitrogens with one attached hydrogen (secondary N) is 2. The molecule has 7 rings (SSSR count). The van der Waals surface area contributed by atoms with E-state index >= 15 is 0 Å². The lowest BCUT2D eigenvalue weighted by Crippen LogP contribution is -2.62. The van der Waals surface area contributed by atoms with Crippen LogP contribution in [0.15, 0.2) is 182 Å². The van der Waals surface area contributed by atoms with Crippen LogP contribution in [0.4, 0.5) is 13.2 Å². The molecular formula is C77H101F3N2O10. The summed E-state index contributed by atoms with van der Waals surface area (Å²) in [6.45, 7) is 3.83. The molecule has 1 heterocycles. The number of amides is 2. The summed E-state index contributed by atoms with van der Waals surface area (Å²) in [5.41, 5.74) is 5.84. The number of hydrogen-bond acceptors (Lipinski definition) is 10. The Morgan fingerprint density at radius 3 is 1.34 bits per heavy atom. The van der Waals surface area contributed by atoms with E-state index in [4.69, 9.17) is 37.9 Å². The predicted molar refractivity (Wildman–Crippen MR) is 355 cm³/mol. The second kappa shape index (κ2) is 43.6. The van der Waals surface area contributed by atoms with Gasteiger partial charge in [-0.3, -0.25) is 9.59 Å². The van der Waals surface area contributed by atoms with Gasteiger partial charge in [-0.25, -0.2) is 0 Å². The zero-order valence-corrected chi connectivity index (χ0v) is 54.2. The summed E-state index contributed by atoms with van der Waals surface area (Å²) in [5, 5.41) is 5.37. The maximum Gasteiger partial charge on any atom is 0.471 e. The average Bonchev–Trinajstić information content (AvgIpc) is 0.812. The van der Waals surface area contributed by atoms with Crippen molar-refractivity contribution in [3.05, 3.63) is 215 Å². The van der Waals surface area contributed by atoms with Crippen molar-refractivity contribution < 1.29 is 60.7 Å². The highest BCUT2D eigenvalue weighted by molar-refractivity contribution is 5.81. The number of rotatable bonds is 47. The maximum atomic E-state index is 14.7. The summed E-state index contributed by atoms with van der Waals surface area (Å²) >= 11 is 0. The Morgan fingerprint density at radius 2 is 0.859 bits per heavy atom. The molecule has 92 heavy (non-hydrogen) atoms. The summed E-state index contributed by atoms with van der Waals surface area (Å²) in [6.07, 6.45) is 8.91. The van der Waals surface area contributed by atoms with Crippen molar-refractivity contribution in [3.63, 3.8) is 0 Å². The zero-order valence-electron chi connectivity index (χ0n) is 54.2. The quantitative estimate of drug-likeness (QED) is 0.0356. The first kappa shape index (κ1) is 73.1. The number of halogens is 3. The Hall–Kier alpha value is -6.27. The molecule has 4 unspecified atom stereocenters. The van der Waals surface area contributed by atoms with Crippen LogP contribution in [0.25, 0.3) is 0 Å². The van der Waals surface area contributed by atoms with Gasteiger partial charge in [-0.1, -0.05) is 292 Å². The third kappa shape index (κ3) is 28.5. The Balaban J connectivity index is 1.19. The highest BCUT2D eigenvalue weighted by Gasteiger charge is 2.50. The third-order valence-corrected chi connectivity index (χ3v) is 16.7. The van der Waals surface area contributed by atoms with Gasteiger partial charge < -0.3 is 48.5 Å². The van der Waals surface area contributed by atoms with Gasteiger partial charge in [0.05, 0.1) is 65.0 Å². The number of hydrogen-bond donors (Lipinski definition) is 2. The van der Waals surface area contributed by atoms with Gasteiger partial charge in [-0.15, -0.1) is 0 Å². The van der Waals surface area contributed by atoms with E-state index in [1.54, 1.807) is 0 Å². The van der Waals surface area contributed by atoms with E-state index < -0.39 is 61.0 Å². The molecule has 2 N–H and O–H groups in total. The van der Waals surface area contributed by atoms with Crippen molar-refractivity contribution in [1.29, 1.82) is 0 Å². The van der Waals surface area contributed by atoms with Crippen LogP contribution in [0.5, 0.6) is 0 Å². The van der Waals surface area contributed by atoms with Crippen LogP contribution >= 0.6 is 0 Å². The van der Waals surface area contributed by atoms with E-state index in [1.165, 1.54) is 57.8 Å². The van der Waals surface area contributed by atoms with E-state index in [-0.39, 0.29) is 58.5 Å². The lowest BCUT2D eigenvalue weighted by atomic mass is 9.97. The molecule has 0 saturated carbocycles. The Kier molecular flexibility index (Phi) is 34.7. The molecule has 0 bridgehead atoms. The smallest absolute Gasteiger partial charge is 0.374 e. The van der Waals surface area contributed by atoms with Gasteiger partial charge in [0.25, 0.3) is 0 Å². The third-order valence-electron chi connectivity index (χ3n) is 16.7. The van der Waals surface area contributed by atoms with Crippen LogP contribution in [0.1, 0.15) is 169 Å². The summed E-state index contributed by atoms with van der Waals surface area (Å²) in [6, 6.07) is 59.3. The molecule has 1 aliphatic rings. The average molecular weight is 1270 g/mol. The summed E-state index contributed by atoms with van der Waals surface area (Å²) in [5.74, 6) is -2.12. The molecule has 8 atom stereocenters. The highest BCUT2D eigenvalue weighted by Crippen LogP contribution is 2.33. The van der Waals surface area contributed by atoms with Crippen molar-refractivity contribution in [2.24, 2.45) is 0 Å². The minimum atomic E-state index is -4.91. The minimum Gasteiger partial charge on any atom is -0.374 e. The van der Waals surface area contributed by atoms with Gasteiger partial charge in [0, 0.05) is 13.0 Å². The Labute approximate surface area is 546 Å². The minimum absolute atomic E-state index is 0.0500. The van der Waals surface area contributed by atoms with Gasteiger partial charge in [-0.05, 0) is 52.6 Å². The van der Waals surface area contributed by atoms with E-state index in [0.717, 1.165) is 71.9 Å². The van der Waals surface area contributed by atoms with Crippen LogP contribution in [-0.2, 0) is 87.1 Å². The molecule has 2 amide bonds. The first-order valence-corrected chi connectivity index (χ1v) is 33.9. The normalized spacial score (nSPS) is 17.6. The van der Waals surface area contributed by atoms with E-state index in [2.05, 4.69) is 24.4 Å². The first-order valence-electron chi connectivity index (χ1n) is 33.9. The molecule has 1 fully saturated rings. The molecule has 0 aromatic heterocycles. The van der Waals surface area contributed by atoms with Crippen molar-refractivity contribution in [3.8, 4) is 0 Å². The second-order valence-corrected chi connectivity index (χ2v) is 24.2. The summed E-state index contributed by atoms with van der Waals surface area (Å²) < 4.78 is 94.6. The van der Waals surface area contributed by atoms with Gasteiger partial charge in [0.15, 0.2) is 6.29 Å². The van der Waals surface area contributed by atoms with Crippen LogP contribution in [-0.4, -0.2) is 86.7 Å². The molecule has 15 heteroatoms. The summed E-state index contributed by atoms with van der Waals surface area (Å²) in [4.78, 5) is 26.0. The van der Waals surface area contributed by atoms with Crippen LogP contribution in [0.3, 0.4) is 0 Å². The fourth-order valence-electron chi connectivity index (χ4n) is 11.6. The number of alkyl halides is 3. The van der Waals surface area contributed by atoms with E-state index in [9.17, 15) is 22.8 Å². The molecule has 1 aliphatic heterocycles. The fraction of sp³-hybridized carbons (Fsp3) is 0.506. The summed E-state index contributed by atoms with van der Waals surface area (Å²) in [7, 11) is 0. The number of benzene rings is 6. The molecule has 1 saturated heterocycles. The van der Waals surface area contributed by atoms with E-state index in [1.807, 2.05) is 175 Å². The number of carbonyl (C=O) groups excluding carboxylic acids is 2. The van der Waals surface area contributed by atoms with Crippen LogP contribution < -0.4 is 10.6 Å². The molecule has 0 spiro atoms. The SMILES string of the molecule is CCCCCCCCCCCCCCC(OCc1ccccc1)C(OCc1ccccc1)C(CO[C@H]1OC(COCc2ccccc2)[C@H](OCc2ccccc2)[C@H](OCc2ccccc2)[C@H]1OCc1ccccc1)NC(=O)CCCCCCCCNC(=O)C(F)(F)F. The topological polar surface area (TPSA) is 132 Å². The van der Waals surface area contributed by atoms with Crippen molar-refractivity contribution >= 4 is 11.8 Å². The molecule has 0 radical (unpaired) electrons. The molecule has 12 nitrogen and oxygen atoms in total. The fourth-order valence-corrected chi connectivity index (χ4v) is 11.6. The van der Waals surface area contributed by atoms with Gasteiger partial charge in [-0.2, -0.15) is 13.2 Å². The lowest BCUT2D eigenvalue weighted by molar-refractivity contribution is -0.330.